The number of rotatable bonds is 12. The van der Waals surface area contributed by atoms with Crippen LogP contribution < -0.4 is 14.8 Å². The first-order chi connectivity index (χ1) is 19.4. The summed E-state index contributed by atoms with van der Waals surface area (Å²) in [7, 11) is 1.63. The van der Waals surface area contributed by atoms with Crippen molar-refractivity contribution in [1.29, 1.82) is 0 Å². The third-order valence-corrected chi connectivity index (χ3v) is 8.68. The Balaban J connectivity index is 1.64. The molecule has 2 aliphatic rings. The van der Waals surface area contributed by atoms with Crippen molar-refractivity contribution in [2.24, 2.45) is 5.92 Å². The minimum atomic E-state index is -1.05. The first-order valence-electron chi connectivity index (χ1n) is 14.0. The topological polar surface area (TPSA) is 108 Å². The van der Waals surface area contributed by atoms with Crippen molar-refractivity contribution in [2.75, 3.05) is 26.8 Å². The van der Waals surface area contributed by atoms with Gasteiger partial charge in [0, 0.05) is 31.5 Å². The van der Waals surface area contributed by atoms with Crippen molar-refractivity contribution in [3.8, 4) is 11.5 Å². The van der Waals surface area contributed by atoms with Crippen LogP contribution in [0, 0.1) is 9.49 Å². The summed E-state index contributed by atoms with van der Waals surface area (Å²) in [5.41, 5.74) is 1.40. The predicted molar refractivity (Wildman–Crippen MR) is 161 cm³/mol. The molecule has 4 rings (SSSR count). The zero-order valence-corrected chi connectivity index (χ0v) is 25.1. The molecule has 1 fully saturated rings. The molecule has 2 aromatic carbocycles. The van der Waals surface area contributed by atoms with Gasteiger partial charge in [0.05, 0.1) is 23.3 Å². The molecule has 8 nitrogen and oxygen atoms in total. The SMILES string of the molecule is COc1ccccc1CCN(C(=O)CC1CCCC1)C1CC(C(=O)NCCO)=CC(Oc2ccccc2I)C1O. The molecule has 0 aromatic heterocycles. The Bertz CT molecular complexity index is 1180. The molecular weight excluding hydrogens is 623 g/mol. The van der Waals surface area contributed by atoms with Gasteiger partial charge in [0.15, 0.2) is 0 Å². The fourth-order valence-corrected chi connectivity index (χ4v) is 6.19. The van der Waals surface area contributed by atoms with Crippen LogP contribution in [-0.4, -0.2) is 72.0 Å². The number of halogens is 1. The van der Waals surface area contributed by atoms with Crippen molar-refractivity contribution < 1.29 is 29.3 Å². The zero-order chi connectivity index (χ0) is 28.5. The number of aliphatic hydroxyl groups is 2. The van der Waals surface area contributed by atoms with E-state index >= 15 is 0 Å². The van der Waals surface area contributed by atoms with Gasteiger partial charge in [-0.05, 0) is 77.6 Å². The lowest BCUT2D eigenvalue weighted by molar-refractivity contribution is -0.139. The van der Waals surface area contributed by atoms with Crippen LogP contribution in [0.25, 0.3) is 0 Å². The maximum Gasteiger partial charge on any atom is 0.247 e. The van der Waals surface area contributed by atoms with Crippen LogP contribution in [0.1, 0.15) is 44.1 Å². The van der Waals surface area contributed by atoms with E-state index < -0.39 is 18.2 Å². The number of nitrogens with zero attached hydrogens (tertiary/aromatic N) is 1. The van der Waals surface area contributed by atoms with E-state index in [1.165, 1.54) is 0 Å². The molecule has 3 atom stereocenters. The van der Waals surface area contributed by atoms with Gasteiger partial charge in [-0.15, -0.1) is 0 Å². The molecule has 216 valence electrons. The molecule has 1 saturated carbocycles. The van der Waals surface area contributed by atoms with Gasteiger partial charge in [0.2, 0.25) is 11.8 Å². The summed E-state index contributed by atoms with van der Waals surface area (Å²) < 4.78 is 12.7. The Morgan fingerprint density at radius 2 is 1.77 bits per heavy atom. The molecule has 2 amide bonds. The van der Waals surface area contributed by atoms with Gasteiger partial charge < -0.3 is 29.9 Å². The van der Waals surface area contributed by atoms with E-state index in [9.17, 15) is 19.8 Å². The number of para-hydroxylation sites is 2. The van der Waals surface area contributed by atoms with Gasteiger partial charge in [-0.3, -0.25) is 9.59 Å². The molecule has 9 heteroatoms. The molecule has 2 aliphatic carbocycles. The number of hydrogen-bond donors (Lipinski definition) is 3. The fraction of sp³-hybridized carbons (Fsp3) is 0.484. The van der Waals surface area contributed by atoms with Crippen LogP contribution in [0.15, 0.2) is 60.2 Å². The number of methoxy groups -OCH3 is 1. The summed E-state index contributed by atoms with van der Waals surface area (Å²) in [6.07, 6.45) is 5.26. The van der Waals surface area contributed by atoms with Crippen LogP contribution in [-0.2, 0) is 16.0 Å². The van der Waals surface area contributed by atoms with Crippen LogP contribution in [0.4, 0.5) is 0 Å². The summed E-state index contributed by atoms with van der Waals surface area (Å²) in [5.74, 6) is 1.32. The molecule has 0 aliphatic heterocycles. The van der Waals surface area contributed by atoms with Crippen molar-refractivity contribution >= 4 is 34.4 Å². The van der Waals surface area contributed by atoms with Gasteiger partial charge in [-0.2, -0.15) is 0 Å². The van der Waals surface area contributed by atoms with Crippen molar-refractivity contribution in [1.82, 2.24) is 10.2 Å². The van der Waals surface area contributed by atoms with E-state index in [2.05, 4.69) is 27.9 Å². The number of amides is 2. The predicted octanol–water partition coefficient (Wildman–Crippen LogP) is 3.87. The van der Waals surface area contributed by atoms with Gasteiger partial charge in [-0.25, -0.2) is 0 Å². The smallest absolute Gasteiger partial charge is 0.247 e. The standard InChI is InChI=1S/C31H39IN2O6/c1-39-26-12-6-4-10-22(26)14-16-34(29(36)18-21-8-2-3-9-21)25-19-23(31(38)33-15-17-35)20-28(30(25)37)40-27-13-7-5-11-24(27)32/h4-7,10-13,20-21,25,28,30,35,37H,2-3,8-9,14-19H2,1H3,(H,33,38). The number of hydrogen-bond acceptors (Lipinski definition) is 6. The lowest BCUT2D eigenvalue weighted by Crippen LogP contribution is -2.55. The maximum atomic E-state index is 13.9. The van der Waals surface area contributed by atoms with Crippen molar-refractivity contribution in [3.63, 3.8) is 0 Å². The average Bonchev–Trinajstić information content (AvgIpc) is 3.47. The molecule has 0 heterocycles. The van der Waals surface area contributed by atoms with E-state index in [1.54, 1.807) is 18.1 Å². The van der Waals surface area contributed by atoms with Gasteiger partial charge in [0.25, 0.3) is 0 Å². The third kappa shape index (κ3) is 7.76. The highest BCUT2D eigenvalue weighted by atomic mass is 127. The number of carbonyl (C=O) groups excluding carboxylic acids is 2. The number of nitrogens with one attached hydrogen (secondary N) is 1. The minimum absolute atomic E-state index is 0.0177. The van der Waals surface area contributed by atoms with Crippen LogP contribution >= 0.6 is 22.6 Å². The van der Waals surface area contributed by atoms with E-state index in [0.717, 1.165) is 40.6 Å². The number of ether oxygens (including phenoxy) is 2. The third-order valence-electron chi connectivity index (χ3n) is 7.79. The molecule has 40 heavy (non-hydrogen) atoms. The van der Waals surface area contributed by atoms with Gasteiger partial charge in [-0.1, -0.05) is 43.2 Å². The number of carbonyl (C=O) groups is 2. The average molecular weight is 663 g/mol. The van der Waals surface area contributed by atoms with Crippen molar-refractivity contribution in [3.05, 3.63) is 69.3 Å². The highest BCUT2D eigenvalue weighted by Gasteiger charge is 2.41. The molecule has 2 aromatic rings. The first kappa shape index (κ1) is 30.3. The highest BCUT2D eigenvalue weighted by Crippen LogP contribution is 2.33. The largest absolute Gasteiger partial charge is 0.496 e. The van der Waals surface area contributed by atoms with Gasteiger partial charge >= 0.3 is 0 Å². The number of aliphatic hydroxyl groups excluding tert-OH is 2. The van der Waals surface area contributed by atoms with E-state index in [0.29, 0.717) is 36.6 Å². The van der Waals surface area contributed by atoms with E-state index in [4.69, 9.17) is 9.47 Å². The van der Waals surface area contributed by atoms with Crippen LogP contribution in [0.3, 0.4) is 0 Å². The molecule has 3 unspecified atom stereocenters. The maximum absolute atomic E-state index is 13.9. The fourth-order valence-electron chi connectivity index (χ4n) is 5.67. The highest BCUT2D eigenvalue weighted by molar-refractivity contribution is 14.1. The summed E-state index contributed by atoms with van der Waals surface area (Å²) in [6.45, 7) is 0.302. The molecular formula is C31H39IN2O6. The lowest BCUT2D eigenvalue weighted by Gasteiger charge is -2.41. The molecule has 3 N–H and O–H groups in total. The Kier molecular flexibility index (Phi) is 11.3. The summed E-state index contributed by atoms with van der Waals surface area (Å²) in [6, 6.07) is 14.6. The second-order valence-electron chi connectivity index (χ2n) is 10.4. The van der Waals surface area contributed by atoms with Crippen LogP contribution in [0.5, 0.6) is 11.5 Å². The normalized spacial score (nSPS) is 21.0. The number of benzene rings is 2. The quantitative estimate of drug-likeness (QED) is 0.298. The summed E-state index contributed by atoms with van der Waals surface area (Å²) in [5, 5.41) is 23.6. The molecule has 0 radical (unpaired) electrons. The second-order valence-corrected chi connectivity index (χ2v) is 11.6. The monoisotopic (exact) mass is 662 g/mol. The molecule has 0 saturated heterocycles. The molecule has 0 spiro atoms. The summed E-state index contributed by atoms with van der Waals surface area (Å²) in [4.78, 5) is 28.7. The zero-order valence-electron chi connectivity index (χ0n) is 22.9. The Hall–Kier alpha value is -2.63. The Morgan fingerprint density at radius 3 is 2.48 bits per heavy atom. The summed E-state index contributed by atoms with van der Waals surface area (Å²) >= 11 is 2.17. The first-order valence-corrected chi connectivity index (χ1v) is 15.1. The van der Waals surface area contributed by atoms with E-state index in [1.807, 2.05) is 48.5 Å². The van der Waals surface area contributed by atoms with Crippen LogP contribution in [0.2, 0.25) is 0 Å². The van der Waals surface area contributed by atoms with Crippen molar-refractivity contribution in [2.45, 2.75) is 63.2 Å². The van der Waals surface area contributed by atoms with Gasteiger partial charge in [0.1, 0.15) is 23.7 Å². The minimum Gasteiger partial charge on any atom is -0.496 e. The van der Waals surface area contributed by atoms with E-state index in [-0.39, 0.29) is 31.4 Å². The second kappa shape index (κ2) is 14.8. The Labute approximate surface area is 249 Å². The molecule has 0 bridgehead atoms. The Morgan fingerprint density at radius 1 is 1.07 bits per heavy atom. The lowest BCUT2D eigenvalue weighted by atomic mass is 9.87.